The quantitative estimate of drug-likeness (QED) is 0.449. The molecule has 0 saturated heterocycles. The molecule has 0 aliphatic heterocycles. The van der Waals surface area contributed by atoms with Gasteiger partial charge in [0, 0.05) is 0 Å². The highest BCUT2D eigenvalue weighted by atomic mass is 16.5. The molecule has 24 heavy (non-hydrogen) atoms. The lowest BCUT2D eigenvalue weighted by molar-refractivity contribution is -0.134. The van der Waals surface area contributed by atoms with Gasteiger partial charge in [0.25, 0.3) is 5.91 Å². The highest BCUT2D eigenvalue weighted by Gasteiger charge is 2.29. The summed E-state index contributed by atoms with van der Waals surface area (Å²) in [6.45, 7) is 3.70. The van der Waals surface area contributed by atoms with Crippen LogP contribution < -0.4 is 11.2 Å². The number of carbonyl (C=O) groups excluding carboxylic acids is 1. The van der Waals surface area contributed by atoms with Crippen molar-refractivity contribution in [2.24, 2.45) is 5.92 Å². The number of aromatic nitrogens is 2. The Hall–Kier alpha value is -2.58. The number of hydroxylamine groups is 1. The fourth-order valence-electron chi connectivity index (χ4n) is 2.47. The first kappa shape index (κ1) is 17.8. The minimum atomic E-state index is -1.04. The van der Waals surface area contributed by atoms with Crippen LogP contribution in [-0.2, 0) is 22.7 Å². The molecule has 0 saturated carbocycles. The van der Waals surface area contributed by atoms with Crippen LogP contribution >= 0.6 is 0 Å². The SMILES string of the molecule is CC(C)C(C(=O)NO)n1c(O)c(COCc2ccccc2)[nH]c1=O. The second-order valence-corrected chi connectivity index (χ2v) is 5.75. The molecule has 2 rings (SSSR count). The third kappa shape index (κ3) is 3.84. The minimum Gasteiger partial charge on any atom is -0.493 e. The molecule has 1 aromatic heterocycles. The molecule has 1 heterocycles. The van der Waals surface area contributed by atoms with Crippen LogP contribution in [0, 0.1) is 5.92 Å². The van der Waals surface area contributed by atoms with Crippen molar-refractivity contribution in [1.29, 1.82) is 0 Å². The molecular formula is C16H21N3O5. The summed E-state index contributed by atoms with van der Waals surface area (Å²) in [7, 11) is 0. The lowest BCUT2D eigenvalue weighted by atomic mass is 10.0. The Morgan fingerprint density at radius 1 is 1.29 bits per heavy atom. The highest BCUT2D eigenvalue weighted by molar-refractivity contribution is 5.79. The Balaban J connectivity index is 2.16. The van der Waals surface area contributed by atoms with Crippen molar-refractivity contribution in [2.45, 2.75) is 33.1 Å². The molecule has 1 amide bonds. The second kappa shape index (κ2) is 7.80. The third-order valence-electron chi connectivity index (χ3n) is 3.62. The summed E-state index contributed by atoms with van der Waals surface area (Å²) in [5, 5.41) is 19.1. The number of amides is 1. The number of hydrogen-bond donors (Lipinski definition) is 4. The maximum absolute atomic E-state index is 12.1. The number of nitrogens with zero attached hydrogens (tertiary/aromatic N) is 1. The number of aromatic hydroxyl groups is 1. The highest BCUT2D eigenvalue weighted by Crippen LogP contribution is 2.24. The van der Waals surface area contributed by atoms with E-state index in [0.717, 1.165) is 10.1 Å². The van der Waals surface area contributed by atoms with E-state index in [4.69, 9.17) is 9.94 Å². The van der Waals surface area contributed by atoms with E-state index in [1.54, 1.807) is 13.8 Å². The number of ether oxygens (including phenoxy) is 1. The first-order chi connectivity index (χ1) is 11.5. The molecule has 0 bridgehead atoms. The predicted octanol–water partition coefficient (Wildman–Crippen LogP) is 1.30. The minimum absolute atomic E-state index is 0.0193. The van der Waals surface area contributed by atoms with Crippen molar-refractivity contribution in [3.8, 4) is 5.88 Å². The number of imidazole rings is 1. The van der Waals surface area contributed by atoms with Gasteiger partial charge in [0.15, 0.2) is 0 Å². The number of nitrogens with one attached hydrogen (secondary N) is 2. The lowest BCUT2D eigenvalue weighted by Crippen LogP contribution is -2.37. The van der Waals surface area contributed by atoms with Crippen molar-refractivity contribution in [3.05, 3.63) is 52.1 Å². The Bertz CT molecular complexity index is 736. The van der Waals surface area contributed by atoms with Gasteiger partial charge in [-0.1, -0.05) is 44.2 Å². The number of rotatable bonds is 7. The predicted molar refractivity (Wildman–Crippen MR) is 85.5 cm³/mol. The monoisotopic (exact) mass is 335 g/mol. The number of hydrogen-bond acceptors (Lipinski definition) is 5. The van der Waals surface area contributed by atoms with Crippen LogP contribution in [0.15, 0.2) is 35.1 Å². The van der Waals surface area contributed by atoms with Gasteiger partial charge in [-0.05, 0) is 11.5 Å². The Labute approximate surface area is 138 Å². The van der Waals surface area contributed by atoms with Gasteiger partial charge < -0.3 is 14.8 Å². The van der Waals surface area contributed by atoms with Crippen LogP contribution in [0.1, 0.15) is 31.1 Å². The van der Waals surface area contributed by atoms with E-state index in [0.29, 0.717) is 6.61 Å². The molecule has 0 radical (unpaired) electrons. The summed E-state index contributed by atoms with van der Waals surface area (Å²) in [4.78, 5) is 26.4. The third-order valence-corrected chi connectivity index (χ3v) is 3.62. The van der Waals surface area contributed by atoms with Gasteiger partial charge in [-0.2, -0.15) is 0 Å². The number of aromatic amines is 1. The van der Waals surface area contributed by atoms with Crippen LogP contribution in [0.2, 0.25) is 0 Å². The maximum atomic E-state index is 12.1. The van der Waals surface area contributed by atoms with Crippen molar-refractivity contribution < 1.29 is 19.8 Å². The Kier molecular flexibility index (Phi) is 5.78. The molecule has 8 heteroatoms. The van der Waals surface area contributed by atoms with Gasteiger partial charge in [-0.15, -0.1) is 0 Å². The average molecular weight is 335 g/mol. The molecule has 1 atom stereocenters. The molecule has 8 nitrogen and oxygen atoms in total. The fraction of sp³-hybridized carbons (Fsp3) is 0.375. The molecule has 0 spiro atoms. The van der Waals surface area contributed by atoms with Crippen LogP contribution in [0.5, 0.6) is 5.88 Å². The van der Waals surface area contributed by atoms with E-state index >= 15 is 0 Å². The van der Waals surface area contributed by atoms with Crippen LogP contribution in [0.3, 0.4) is 0 Å². The first-order valence-electron chi connectivity index (χ1n) is 7.53. The van der Waals surface area contributed by atoms with Crippen molar-refractivity contribution in [3.63, 3.8) is 0 Å². The zero-order valence-corrected chi connectivity index (χ0v) is 13.5. The van der Waals surface area contributed by atoms with E-state index in [1.807, 2.05) is 30.3 Å². The number of carbonyl (C=O) groups is 1. The zero-order valence-electron chi connectivity index (χ0n) is 13.5. The van der Waals surface area contributed by atoms with Gasteiger partial charge in [-0.3, -0.25) is 10.0 Å². The standard InChI is InChI=1S/C16H21N3O5/c1-10(2)13(14(20)18-23)19-15(21)12(17-16(19)22)9-24-8-11-6-4-3-5-7-11/h3-7,10,13,21,23H,8-9H2,1-2H3,(H,17,22)(H,18,20). The van der Waals surface area contributed by atoms with Crippen LogP contribution in [0.4, 0.5) is 0 Å². The molecule has 2 aromatic rings. The molecule has 4 N–H and O–H groups in total. The molecule has 0 fully saturated rings. The lowest BCUT2D eigenvalue weighted by Gasteiger charge is -2.19. The summed E-state index contributed by atoms with van der Waals surface area (Å²) in [6, 6.07) is 8.42. The van der Waals surface area contributed by atoms with Gasteiger partial charge >= 0.3 is 5.69 Å². The molecule has 1 aromatic carbocycles. The van der Waals surface area contributed by atoms with Crippen LogP contribution in [-0.4, -0.2) is 25.8 Å². The van der Waals surface area contributed by atoms with E-state index in [1.165, 1.54) is 5.48 Å². The molecule has 130 valence electrons. The second-order valence-electron chi connectivity index (χ2n) is 5.75. The Morgan fingerprint density at radius 2 is 1.96 bits per heavy atom. The van der Waals surface area contributed by atoms with Crippen molar-refractivity contribution in [2.75, 3.05) is 0 Å². The van der Waals surface area contributed by atoms with E-state index in [2.05, 4.69) is 4.98 Å². The fourth-order valence-corrected chi connectivity index (χ4v) is 2.47. The van der Waals surface area contributed by atoms with E-state index < -0.39 is 17.6 Å². The van der Waals surface area contributed by atoms with Gasteiger partial charge in [0.05, 0.1) is 13.2 Å². The smallest absolute Gasteiger partial charge is 0.329 e. The van der Waals surface area contributed by atoms with E-state index in [9.17, 15) is 14.7 Å². The first-order valence-corrected chi connectivity index (χ1v) is 7.53. The zero-order chi connectivity index (χ0) is 17.7. The topological polar surface area (TPSA) is 117 Å². The number of H-pyrrole nitrogens is 1. The normalized spacial score (nSPS) is 12.3. The molecular weight excluding hydrogens is 314 g/mol. The van der Waals surface area contributed by atoms with Crippen LogP contribution in [0.25, 0.3) is 0 Å². The van der Waals surface area contributed by atoms with E-state index in [-0.39, 0.29) is 24.1 Å². The molecule has 0 aliphatic rings. The van der Waals surface area contributed by atoms with Gasteiger partial charge in [0.2, 0.25) is 5.88 Å². The van der Waals surface area contributed by atoms with Gasteiger partial charge in [0.1, 0.15) is 11.7 Å². The average Bonchev–Trinajstić information content (AvgIpc) is 2.83. The summed E-state index contributed by atoms with van der Waals surface area (Å²) in [5.74, 6) is -1.48. The van der Waals surface area contributed by atoms with Crippen molar-refractivity contribution >= 4 is 5.91 Å². The number of benzene rings is 1. The largest absolute Gasteiger partial charge is 0.493 e. The summed E-state index contributed by atoms with van der Waals surface area (Å²) in [5.41, 5.74) is 2.00. The molecule has 1 unspecified atom stereocenters. The summed E-state index contributed by atoms with van der Waals surface area (Å²) >= 11 is 0. The van der Waals surface area contributed by atoms with Gasteiger partial charge in [-0.25, -0.2) is 14.8 Å². The maximum Gasteiger partial charge on any atom is 0.329 e. The van der Waals surface area contributed by atoms with Crippen molar-refractivity contribution in [1.82, 2.24) is 15.0 Å². The summed E-state index contributed by atoms with van der Waals surface area (Å²) < 4.78 is 6.40. The molecule has 0 aliphatic carbocycles. The Morgan fingerprint density at radius 3 is 2.54 bits per heavy atom. The summed E-state index contributed by atoms with van der Waals surface area (Å²) in [6.07, 6.45) is 0.